The van der Waals surface area contributed by atoms with Gasteiger partial charge in [0, 0.05) is 37.1 Å². The highest BCUT2D eigenvalue weighted by molar-refractivity contribution is 6.51. The number of hydrogen-bond donors (Lipinski definition) is 1. The fourth-order valence-electron chi connectivity index (χ4n) is 4.18. The first-order valence-electron chi connectivity index (χ1n) is 10.8. The lowest BCUT2D eigenvalue weighted by Gasteiger charge is -2.26. The monoisotopic (exact) mass is 478 g/mol. The maximum atomic E-state index is 14.1. The number of ketones is 1. The van der Waals surface area contributed by atoms with E-state index < -0.39 is 29.4 Å². The lowest BCUT2D eigenvalue weighted by Crippen LogP contribution is -2.29. The number of nitrogens with zero attached hydrogens (tertiary/aromatic N) is 2. The summed E-state index contributed by atoms with van der Waals surface area (Å²) in [5, 5.41) is 11.3. The van der Waals surface area contributed by atoms with Crippen molar-refractivity contribution in [2.24, 2.45) is 0 Å². The van der Waals surface area contributed by atoms with Crippen LogP contribution in [0.3, 0.4) is 0 Å². The minimum Gasteiger partial charge on any atom is -0.507 e. The van der Waals surface area contributed by atoms with E-state index in [0.29, 0.717) is 22.4 Å². The molecule has 1 atom stereocenters. The van der Waals surface area contributed by atoms with E-state index in [4.69, 9.17) is 4.74 Å². The van der Waals surface area contributed by atoms with Crippen molar-refractivity contribution in [1.29, 1.82) is 0 Å². The summed E-state index contributed by atoms with van der Waals surface area (Å²) < 4.78 is 32.9. The van der Waals surface area contributed by atoms with Crippen LogP contribution in [0.2, 0.25) is 0 Å². The molecule has 35 heavy (non-hydrogen) atoms. The van der Waals surface area contributed by atoms with Crippen LogP contribution < -0.4 is 14.5 Å². The normalized spacial score (nSPS) is 17.1. The Morgan fingerprint density at radius 2 is 1.66 bits per heavy atom. The lowest BCUT2D eigenvalue weighted by atomic mass is 9.93. The fourth-order valence-corrected chi connectivity index (χ4v) is 4.18. The SMILES string of the molecule is COc1ccc(/C(O)=C2\C(=O)C(=O)N(c3ccc(F)c(F)c3)C2c2ccc(N(C)C)cc2)c(C)c1. The van der Waals surface area contributed by atoms with Crippen molar-refractivity contribution in [3.63, 3.8) is 0 Å². The first-order chi connectivity index (χ1) is 16.6. The average molecular weight is 478 g/mol. The lowest BCUT2D eigenvalue weighted by molar-refractivity contribution is -0.132. The summed E-state index contributed by atoms with van der Waals surface area (Å²) in [7, 11) is 5.25. The van der Waals surface area contributed by atoms with Crippen LogP contribution in [0, 0.1) is 18.6 Å². The Bertz CT molecular complexity index is 1350. The maximum Gasteiger partial charge on any atom is 0.300 e. The van der Waals surface area contributed by atoms with E-state index in [1.807, 2.05) is 19.0 Å². The summed E-state index contributed by atoms with van der Waals surface area (Å²) in [5.41, 5.74) is 2.23. The van der Waals surface area contributed by atoms with Gasteiger partial charge in [-0.1, -0.05) is 12.1 Å². The van der Waals surface area contributed by atoms with Crippen LogP contribution >= 0.6 is 0 Å². The zero-order chi connectivity index (χ0) is 25.4. The van der Waals surface area contributed by atoms with Gasteiger partial charge in [0.2, 0.25) is 0 Å². The number of methoxy groups -OCH3 is 1. The summed E-state index contributed by atoms with van der Waals surface area (Å²) >= 11 is 0. The Labute approximate surface area is 201 Å². The van der Waals surface area contributed by atoms with Crippen molar-refractivity contribution in [3.05, 3.63) is 94.6 Å². The Morgan fingerprint density at radius 1 is 0.971 bits per heavy atom. The second kappa shape index (κ2) is 9.21. The molecule has 1 heterocycles. The van der Waals surface area contributed by atoms with E-state index in [1.165, 1.54) is 13.2 Å². The Hall–Kier alpha value is -4.20. The highest BCUT2D eigenvalue weighted by atomic mass is 19.2. The molecule has 1 saturated heterocycles. The third kappa shape index (κ3) is 4.23. The van der Waals surface area contributed by atoms with Crippen molar-refractivity contribution in [3.8, 4) is 5.75 Å². The summed E-state index contributed by atoms with van der Waals surface area (Å²) in [6.07, 6.45) is 0. The van der Waals surface area contributed by atoms with Crippen LogP contribution in [0.15, 0.2) is 66.2 Å². The zero-order valence-electron chi connectivity index (χ0n) is 19.7. The minimum absolute atomic E-state index is 0.00168. The van der Waals surface area contributed by atoms with Gasteiger partial charge in [0.15, 0.2) is 11.6 Å². The fraction of sp³-hybridized carbons (Fsp3) is 0.185. The highest BCUT2D eigenvalue weighted by Gasteiger charge is 2.47. The first kappa shape index (κ1) is 23.9. The van der Waals surface area contributed by atoms with E-state index in [2.05, 4.69) is 0 Å². The molecule has 4 rings (SSSR count). The van der Waals surface area contributed by atoms with Gasteiger partial charge in [0.1, 0.15) is 11.5 Å². The summed E-state index contributed by atoms with van der Waals surface area (Å²) in [6.45, 7) is 1.74. The minimum atomic E-state index is -1.16. The molecule has 0 aromatic heterocycles. The number of benzene rings is 3. The van der Waals surface area contributed by atoms with Crippen LogP contribution in [0.25, 0.3) is 5.76 Å². The topological polar surface area (TPSA) is 70.1 Å². The molecular formula is C27H24F2N2O4. The molecule has 1 amide bonds. The molecule has 0 radical (unpaired) electrons. The van der Waals surface area contributed by atoms with Gasteiger partial charge >= 0.3 is 0 Å². The molecule has 0 spiro atoms. The molecule has 1 N–H and O–H groups in total. The number of aliphatic hydroxyl groups is 1. The number of aryl methyl sites for hydroxylation is 1. The van der Waals surface area contributed by atoms with E-state index >= 15 is 0 Å². The van der Waals surface area contributed by atoms with E-state index in [9.17, 15) is 23.5 Å². The standard InChI is InChI=1S/C27H24F2N2O4/c1-15-13-19(35-4)10-11-20(15)25(32)23-24(16-5-7-17(8-6-16)30(2)3)31(27(34)26(23)33)18-9-12-21(28)22(29)14-18/h5-14,24,32H,1-4H3/b25-23+. The number of anilines is 2. The van der Waals surface area contributed by atoms with Crippen LogP contribution in [-0.2, 0) is 9.59 Å². The largest absolute Gasteiger partial charge is 0.507 e. The average Bonchev–Trinajstić information content (AvgIpc) is 3.10. The molecule has 1 aliphatic rings. The first-order valence-corrected chi connectivity index (χ1v) is 10.8. The van der Waals surface area contributed by atoms with E-state index in [0.717, 1.165) is 22.7 Å². The number of aliphatic hydroxyl groups excluding tert-OH is 1. The molecular weight excluding hydrogens is 454 g/mol. The smallest absolute Gasteiger partial charge is 0.300 e. The Balaban J connectivity index is 1.95. The van der Waals surface area contributed by atoms with Gasteiger partial charge in [-0.3, -0.25) is 14.5 Å². The van der Waals surface area contributed by atoms with E-state index in [1.54, 1.807) is 49.4 Å². The van der Waals surface area contributed by atoms with Gasteiger partial charge in [-0.2, -0.15) is 0 Å². The molecule has 0 bridgehead atoms. The quantitative estimate of drug-likeness (QED) is 0.318. The maximum absolute atomic E-state index is 14.1. The van der Waals surface area contributed by atoms with Crippen molar-refractivity contribution in [2.45, 2.75) is 13.0 Å². The Morgan fingerprint density at radius 3 is 2.23 bits per heavy atom. The van der Waals surface area contributed by atoms with Crippen LogP contribution in [0.5, 0.6) is 5.75 Å². The summed E-state index contributed by atoms with van der Waals surface area (Å²) in [6, 6.07) is 13.9. The molecule has 3 aromatic carbocycles. The van der Waals surface area contributed by atoms with Crippen molar-refractivity contribution in [2.75, 3.05) is 31.0 Å². The molecule has 3 aromatic rings. The van der Waals surface area contributed by atoms with Crippen LogP contribution in [0.1, 0.15) is 22.7 Å². The molecule has 8 heteroatoms. The molecule has 0 aliphatic carbocycles. The van der Waals surface area contributed by atoms with Crippen LogP contribution in [0.4, 0.5) is 20.2 Å². The zero-order valence-corrected chi connectivity index (χ0v) is 19.7. The van der Waals surface area contributed by atoms with Gasteiger partial charge in [-0.05, 0) is 60.5 Å². The van der Waals surface area contributed by atoms with Crippen molar-refractivity contribution < 1.29 is 28.2 Å². The number of amides is 1. The number of Topliss-reactive ketones (excluding diaryl/α,β-unsaturated/α-hetero) is 1. The summed E-state index contributed by atoms with van der Waals surface area (Å²) in [5.74, 6) is -3.91. The molecule has 0 saturated carbocycles. The molecule has 1 aliphatic heterocycles. The molecule has 180 valence electrons. The second-order valence-corrected chi connectivity index (χ2v) is 8.43. The molecule has 1 fully saturated rings. The van der Waals surface area contributed by atoms with Crippen LogP contribution in [-0.4, -0.2) is 38.0 Å². The summed E-state index contributed by atoms with van der Waals surface area (Å²) in [4.78, 5) is 29.4. The number of carbonyl (C=O) groups excluding carboxylic acids is 2. The third-order valence-corrected chi connectivity index (χ3v) is 6.04. The highest BCUT2D eigenvalue weighted by Crippen LogP contribution is 2.43. The second-order valence-electron chi connectivity index (χ2n) is 8.43. The van der Waals surface area contributed by atoms with Gasteiger partial charge in [0.25, 0.3) is 11.7 Å². The predicted molar refractivity (Wildman–Crippen MR) is 130 cm³/mol. The number of rotatable bonds is 5. The van der Waals surface area contributed by atoms with Gasteiger partial charge in [-0.15, -0.1) is 0 Å². The van der Waals surface area contributed by atoms with Crippen molar-refractivity contribution in [1.82, 2.24) is 0 Å². The number of ether oxygens (including phenoxy) is 1. The van der Waals surface area contributed by atoms with Gasteiger partial charge in [-0.25, -0.2) is 8.78 Å². The number of carbonyl (C=O) groups is 2. The van der Waals surface area contributed by atoms with E-state index in [-0.39, 0.29) is 17.0 Å². The van der Waals surface area contributed by atoms with Gasteiger partial charge in [0.05, 0.1) is 18.7 Å². The third-order valence-electron chi connectivity index (χ3n) is 6.04. The van der Waals surface area contributed by atoms with Crippen molar-refractivity contribution >= 4 is 28.8 Å². The van der Waals surface area contributed by atoms with Gasteiger partial charge < -0.3 is 14.7 Å². The molecule has 6 nitrogen and oxygen atoms in total. The molecule has 1 unspecified atom stereocenters. The Kier molecular flexibility index (Phi) is 6.30. The number of halogens is 2. The predicted octanol–water partition coefficient (Wildman–Crippen LogP) is 4.97. The number of hydrogen-bond acceptors (Lipinski definition) is 5.